The molecule has 0 saturated carbocycles. The van der Waals surface area contributed by atoms with Crippen LogP contribution in [-0.4, -0.2) is 27.8 Å². The van der Waals surface area contributed by atoms with E-state index in [0.29, 0.717) is 0 Å². The van der Waals surface area contributed by atoms with E-state index in [1.165, 1.54) is 12.1 Å². The van der Waals surface area contributed by atoms with Crippen molar-refractivity contribution in [1.82, 2.24) is 15.1 Å². The standard InChI is InChI=1S/C11H20BrN3S/c1-8(16-4)5-6-13-7-10-11(12)9(2)14-15(10)3/h8,13H,5-7H2,1-4H3. The fourth-order valence-corrected chi connectivity index (χ4v) is 2.33. The van der Waals surface area contributed by atoms with E-state index in [2.05, 4.69) is 39.5 Å². The van der Waals surface area contributed by atoms with Gasteiger partial charge in [0.1, 0.15) is 0 Å². The van der Waals surface area contributed by atoms with Gasteiger partial charge >= 0.3 is 0 Å². The Hall–Kier alpha value is 0. The Morgan fingerprint density at radius 1 is 1.56 bits per heavy atom. The molecule has 1 atom stereocenters. The van der Waals surface area contributed by atoms with Crippen LogP contribution in [0.25, 0.3) is 0 Å². The number of hydrogen-bond acceptors (Lipinski definition) is 3. The van der Waals surface area contributed by atoms with E-state index in [9.17, 15) is 0 Å². The Labute approximate surface area is 110 Å². The quantitative estimate of drug-likeness (QED) is 0.820. The highest BCUT2D eigenvalue weighted by Crippen LogP contribution is 2.19. The summed E-state index contributed by atoms with van der Waals surface area (Å²) < 4.78 is 3.06. The van der Waals surface area contributed by atoms with Crippen LogP contribution in [0.5, 0.6) is 0 Å². The molecule has 0 spiro atoms. The largest absolute Gasteiger partial charge is 0.311 e. The van der Waals surface area contributed by atoms with Crippen molar-refractivity contribution in [3.8, 4) is 0 Å². The Kier molecular flexibility index (Phi) is 5.86. The molecule has 1 N–H and O–H groups in total. The number of rotatable bonds is 6. The van der Waals surface area contributed by atoms with Crippen molar-refractivity contribution in [2.24, 2.45) is 7.05 Å². The second kappa shape index (κ2) is 6.67. The normalized spacial score (nSPS) is 13.1. The lowest BCUT2D eigenvalue weighted by Crippen LogP contribution is -2.19. The van der Waals surface area contributed by atoms with Crippen molar-refractivity contribution >= 4 is 27.7 Å². The van der Waals surface area contributed by atoms with Crippen LogP contribution in [0.2, 0.25) is 0 Å². The summed E-state index contributed by atoms with van der Waals surface area (Å²) in [6.07, 6.45) is 3.36. The molecule has 1 aromatic rings. The highest BCUT2D eigenvalue weighted by molar-refractivity contribution is 9.10. The van der Waals surface area contributed by atoms with Gasteiger partial charge in [-0.05, 0) is 42.1 Å². The first kappa shape index (κ1) is 14.1. The third-order valence-corrected chi connectivity index (χ3v) is 4.76. The zero-order chi connectivity index (χ0) is 12.1. The van der Waals surface area contributed by atoms with Crippen LogP contribution in [-0.2, 0) is 13.6 Å². The Balaban J connectivity index is 2.37. The van der Waals surface area contributed by atoms with Crippen molar-refractivity contribution in [3.05, 3.63) is 15.9 Å². The zero-order valence-corrected chi connectivity index (χ0v) is 12.8. The molecule has 0 saturated heterocycles. The second-order valence-corrected chi connectivity index (χ2v) is 6.05. The van der Waals surface area contributed by atoms with Crippen molar-refractivity contribution in [3.63, 3.8) is 0 Å². The summed E-state index contributed by atoms with van der Waals surface area (Å²) in [5.41, 5.74) is 2.27. The van der Waals surface area contributed by atoms with Gasteiger partial charge in [0.25, 0.3) is 0 Å². The first-order valence-electron chi connectivity index (χ1n) is 5.47. The molecule has 3 nitrogen and oxygen atoms in total. The van der Waals surface area contributed by atoms with Crippen molar-refractivity contribution in [2.75, 3.05) is 12.8 Å². The minimum atomic E-state index is 0.726. The summed E-state index contributed by atoms with van der Waals surface area (Å²) in [6.45, 7) is 6.21. The molecule has 0 aliphatic carbocycles. The van der Waals surface area contributed by atoms with Crippen LogP contribution in [0.3, 0.4) is 0 Å². The molecular weight excluding hydrogens is 286 g/mol. The van der Waals surface area contributed by atoms with Crippen molar-refractivity contribution in [1.29, 1.82) is 0 Å². The first-order chi connectivity index (χ1) is 7.56. The van der Waals surface area contributed by atoms with Gasteiger partial charge in [-0.25, -0.2) is 0 Å². The van der Waals surface area contributed by atoms with E-state index in [0.717, 1.165) is 28.5 Å². The maximum Gasteiger partial charge on any atom is 0.0739 e. The summed E-state index contributed by atoms with van der Waals surface area (Å²) in [5, 5.41) is 8.55. The fraction of sp³-hybridized carbons (Fsp3) is 0.727. The van der Waals surface area contributed by atoms with Crippen LogP contribution in [0.4, 0.5) is 0 Å². The maximum absolute atomic E-state index is 4.37. The molecule has 1 rings (SSSR count). The number of nitrogens with zero attached hydrogens (tertiary/aromatic N) is 2. The number of halogens is 1. The lowest BCUT2D eigenvalue weighted by atomic mass is 10.3. The van der Waals surface area contributed by atoms with Crippen LogP contribution in [0.1, 0.15) is 24.7 Å². The minimum absolute atomic E-state index is 0.726. The van der Waals surface area contributed by atoms with Crippen molar-refractivity contribution in [2.45, 2.75) is 32.1 Å². The smallest absolute Gasteiger partial charge is 0.0739 e. The Bertz CT molecular complexity index is 338. The summed E-state index contributed by atoms with van der Waals surface area (Å²) >= 11 is 5.48. The summed E-state index contributed by atoms with van der Waals surface area (Å²) in [4.78, 5) is 0. The Morgan fingerprint density at radius 3 is 2.75 bits per heavy atom. The highest BCUT2D eigenvalue weighted by Gasteiger charge is 2.09. The molecule has 92 valence electrons. The zero-order valence-electron chi connectivity index (χ0n) is 10.4. The average Bonchev–Trinajstić information content (AvgIpc) is 2.49. The highest BCUT2D eigenvalue weighted by atomic mass is 79.9. The van der Waals surface area contributed by atoms with Crippen LogP contribution in [0.15, 0.2) is 4.47 Å². The van der Waals surface area contributed by atoms with E-state index in [4.69, 9.17) is 0 Å². The van der Waals surface area contributed by atoms with Gasteiger partial charge in [-0.1, -0.05) is 6.92 Å². The molecule has 0 radical (unpaired) electrons. The summed E-state index contributed by atoms with van der Waals surface area (Å²) in [6, 6.07) is 0. The SMILES string of the molecule is CSC(C)CCNCc1c(Br)c(C)nn1C. The molecule has 16 heavy (non-hydrogen) atoms. The Morgan fingerprint density at radius 2 is 2.25 bits per heavy atom. The van der Waals surface area contributed by atoms with Crippen LogP contribution < -0.4 is 5.32 Å². The fourth-order valence-electron chi connectivity index (χ4n) is 1.50. The first-order valence-corrected chi connectivity index (χ1v) is 7.55. The molecule has 0 aliphatic rings. The van der Waals surface area contributed by atoms with Gasteiger partial charge in [-0.15, -0.1) is 0 Å². The predicted molar refractivity (Wildman–Crippen MR) is 74.9 cm³/mol. The molecule has 0 aromatic carbocycles. The number of hydrogen-bond donors (Lipinski definition) is 1. The monoisotopic (exact) mass is 305 g/mol. The van der Waals surface area contributed by atoms with E-state index in [-0.39, 0.29) is 0 Å². The third-order valence-electron chi connectivity index (χ3n) is 2.68. The molecule has 5 heteroatoms. The van der Waals surface area contributed by atoms with E-state index < -0.39 is 0 Å². The minimum Gasteiger partial charge on any atom is -0.311 e. The predicted octanol–water partition coefficient (Wildman–Crippen LogP) is 2.72. The molecule has 1 unspecified atom stereocenters. The lowest BCUT2D eigenvalue weighted by molar-refractivity contribution is 0.604. The molecule has 0 aliphatic heterocycles. The van der Waals surface area contributed by atoms with Gasteiger partial charge in [0.15, 0.2) is 0 Å². The van der Waals surface area contributed by atoms with Gasteiger partial charge in [-0.2, -0.15) is 16.9 Å². The molecule has 0 bridgehead atoms. The van der Waals surface area contributed by atoms with Gasteiger partial charge in [0.05, 0.1) is 15.9 Å². The van der Waals surface area contributed by atoms with Gasteiger partial charge < -0.3 is 5.32 Å². The number of aromatic nitrogens is 2. The molecule has 1 heterocycles. The van der Waals surface area contributed by atoms with Crippen LogP contribution in [0, 0.1) is 6.92 Å². The summed E-state index contributed by atoms with van der Waals surface area (Å²) in [5.74, 6) is 0. The molecule has 0 fully saturated rings. The topological polar surface area (TPSA) is 29.9 Å². The number of nitrogens with one attached hydrogen (secondary N) is 1. The number of thioether (sulfide) groups is 1. The van der Waals surface area contributed by atoms with Gasteiger partial charge in [0, 0.05) is 18.8 Å². The van der Waals surface area contributed by atoms with E-state index in [1.807, 2.05) is 30.4 Å². The molecule has 0 amide bonds. The lowest BCUT2D eigenvalue weighted by Gasteiger charge is -2.09. The third kappa shape index (κ3) is 3.79. The molecular formula is C11H20BrN3S. The van der Waals surface area contributed by atoms with E-state index in [1.54, 1.807) is 0 Å². The molecule has 1 aromatic heterocycles. The van der Waals surface area contributed by atoms with Gasteiger partial charge in [-0.3, -0.25) is 4.68 Å². The maximum atomic E-state index is 4.37. The van der Waals surface area contributed by atoms with E-state index >= 15 is 0 Å². The van der Waals surface area contributed by atoms with Crippen molar-refractivity contribution < 1.29 is 0 Å². The van der Waals surface area contributed by atoms with Crippen LogP contribution >= 0.6 is 27.7 Å². The van der Waals surface area contributed by atoms with Gasteiger partial charge in [0.2, 0.25) is 0 Å². The number of aryl methyl sites for hydroxylation is 2. The second-order valence-electron chi connectivity index (χ2n) is 3.98. The average molecular weight is 306 g/mol. The summed E-state index contributed by atoms with van der Waals surface area (Å²) in [7, 11) is 1.99.